The van der Waals surface area contributed by atoms with Crippen molar-refractivity contribution in [2.75, 3.05) is 0 Å². The fourth-order valence-corrected chi connectivity index (χ4v) is 2.89. The summed E-state index contributed by atoms with van der Waals surface area (Å²) in [5.74, 6) is 3.47. The first kappa shape index (κ1) is 9.27. The van der Waals surface area contributed by atoms with Crippen LogP contribution in [-0.4, -0.2) is 26.2 Å². The van der Waals surface area contributed by atoms with Crippen LogP contribution in [0.3, 0.4) is 0 Å². The largest absolute Gasteiger partial charge is 0.327 e. The Balaban J connectivity index is 1.58. The molecule has 82 valence electrons. The van der Waals surface area contributed by atoms with Crippen molar-refractivity contribution in [3.05, 3.63) is 5.82 Å². The van der Waals surface area contributed by atoms with Gasteiger partial charge in [0.2, 0.25) is 0 Å². The molecule has 3 unspecified atom stereocenters. The highest BCUT2D eigenvalue weighted by atomic mass is 15.6. The summed E-state index contributed by atoms with van der Waals surface area (Å²) in [6.07, 6.45) is 4.88. The van der Waals surface area contributed by atoms with Gasteiger partial charge >= 0.3 is 0 Å². The minimum absolute atomic E-state index is 0.224. The number of aryl methyl sites for hydroxylation is 1. The average Bonchev–Trinajstić information content (AvgIpc) is 2.61. The van der Waals surface area contributed by atoms with Gasteiger partial charge in [0.15, 0.2) is 5.82 Å². The molecule has 5 heteroatoms. The van der Waals surface area contributed by atoms with Crippen LogP contribution in [-0.2, 0) is 13.5 Å². The van der Waals surface area contributed by atoms with E-state index >= 15 is 0 Å². The highest BCUT2D eigenvalue weighted by Crippen LogP contribution is 2.55. The van der Waals surface area contributed by atoms with Crippen molar-refractivity contribution in [3.8, 4) is 0 Å². The lowest BCUT2D eigenvalue weighted by molar-refractivity contribution is 0.387. The van der Waals surface area contributed by atoms with Crippen molar-refractivity contribution in [1.29, 1.82) is 0 Å². The van der Waals surface area contributed by atoms with Crippen LogP contribution in [0.15, 0.2) is 0 Å². The number of aromatic nitrogens is 4. The summed E-state index contributed by atoms with van der Waals surface area (Å²) < 4.78 is 0. The minimum Gasteiger partial charge on any atom is -0.327 e. The van der Waals surface area contributed by atoms with E-state index in [0.717, 1.165) is 24.1 Å². The highest BCUT2D eigenvalue weighted by molar-refractivity contribution is 5.00. The first-order chi connectivity index (χ1) is 7.22. The minimum atomic E-state index is 0.224. The Morgan fingerprint density at radius 3 is 2.73 bits per heavy atom. The molecule has 15 heavy (non-hydrogen) atoms. The first-order valence-electron chi connectivity index (χ1n) is 5.71. The lowest BCUT2D eigenvalue weighted by Gasteiger charge is -2.18. The molecule has 2 aliphatic rings. The Bertz CT molecular complexity index is 350. The van der Waals surface area contributed by atoms with Gasteiger partial charge in [-0.2, -0.15) is 4.80 Å². The Hall–Kier alpha value is -0.970. The van der Waals surface area contributed by atoms with E-state index in [9.17, 15) is 0 Å². The number of hydrogen-bond donors (Lipinski definition) is 1. The van der Waals surface area contributed by atoms with Gasteiger partial charge in [0.1, 0.15) is 0 Å². The molecule has 0 aliphatic heterocycles. The molecule has 5 nitrogen and oxygen atoms in total. The van der Waals surface area contributed by atoms with Gasteiger partial charge in [-0.3, -0.25) is 0 Å². The van der Waals surface area contributed by atoms with Crippen molar-refractivity contribution in [2.24, 2.45) is 30.5 Å². The van der Waals surface area contributed by atoms with Gasteiger partial charge in [-0.1, -0.05) is 0 Å². The summed E-state index contributed by atoms with van der Waals surface area (Å²) >= 11 is 0. The predicted molar refractivity (Wildman–Crippen MR) is 54.8 cm³/mol. The van der Waals surface area contributed by atoms with Gasteiger partial charge in [-0.05, 0) is 42.2 Å². The van der Waals surface area contributed by atoms with Gasteiger partial charge in [0.25, 0.3) is 0 Å². The maximum atomic E-state index is 6.19. The van der Waals surface area contributed by atoms with Crippen LogP contribution in [0, 0.1) is 17.8 Å². The zero-order valence-corrected chi connectivity index (χ0v) is 9.00. The summed E-state index contributed by atoms with van der Waals surface area (Å²) in [6.45, 7) is 0. The number of tetrazole rings is 1. The van der Waals surface area contributed by atoms with Crippen LogP contribution in [0.5, 0.6) is 0 Å². The smallest absolute Gasteiger partial charge is 0.176 e. The van der Waals surface area contributed by atoms with E-state index in [0.29, 0.717) is 5.92 Å². The molecule has 2 N–H and O–H groups in total. The van der Waals surface area contributed by atoms with Crippen molar-refractivity contribution in [2.45, 2.75) is 31.7 Å². The van der Waals surface area contributed by atoms with E-state index in [1.807, 2.05) is 0 Å². The van der Waals surface area contributed by atoms with E-state index in [-0.39, 0.29) is 6.04 Å². The SMILES string of the molecule is Cn1nnc(CC(N)C2CC3CC3C2)n1. The van der Waals surface area contributed by atoms with Crippen molar-refractivity contribution in [1.82, 2.24) is 20.2 Å². The lowest BCUT2D eigenvalue weighted by Crippen LogP contribution is -2.32. The zero-order chi connectivity index (χ0) is 10.4. The molecule has 0 aromatic carbocycles. The highest BCUT2D eigenvalue weighted by Gasteiger charge is 2.47. The van der Waals surface area contributed by atoms with Crippen LogP contribution in [0.2, 0.25) is 0 Å². The third-order valence-corrected chi connectivity index (χ3v) is 3.85. The molecule has 0 amide bonds. The van der Waals surface area contributed by atoms with Gasteiger partial charge in [-0.25, -0.2) is 0 Å². The molecule has 0 bridgehead atoms. The second-order valence-corrected chi connectivity index (χ2v) is 5.05. The lowest BCUT2D eigenvalue weighted by atomic mass is 9.93. The Kier molecular flexibility index (Phi) is 2.02. The van der Waals surface area contributed by atoms with Crippen LogP contribution in [0.25, 0.3) is 0 Å². The number of fused-ring (bicyclic) bond motifs is 1. The van der Waals surface area contributed by atoms with Crippen molar-refractivity contribution in [3.63, 3.8) is 0 Å². The summed E-state index contributed by atoms with van der Waals surface area (Å²) in [6, 6.07) is 0.224. The molecule has 1 aromatic rings. The molecule has 3 atom stereocenters. The summed E-state index contributed by atoms with van der Waals surface area (Å²) in [5, 5.41) is 12.0. The molecule has 1 heterocycles. The van der Waals surface area contributed by atoms with Crippen LogP contribution < -0.4 is 5.73 Å². The van der Waals surface area contributed by atoms with E-state index in [4.69, 9.17) is 5.73 Å². The quantitative estimate of drug-likeness (QED) is 0.764. The molecule has 3 rings (SSSR count). The van der Waals surface area contributed by atoms with Crippen LogP contribution in [0.4, 0.5) is 0 Å². The van der Waals surface area contributed by atoms with Crippen molar-refractivity contribution < 1.29 is 0 Å². The summed E-state index contributed by atoms with van der Waals surface area (Å²) in [5.41, 5.74) is 6.19. The molecular weight excluding hydrogens is 190 g/mol. The maximum Gasteiger partial charge on any atom is 0.176 e. The Morgan fingerprint density at radius 1 is 1.40 bits per heavy atom. The Morgan fingerprint density at radius 2 is 2.13 bits per heavy atom. The number of nitrogens with two attached hydrogens (primary N) is 1. The number of hydrogen-bond acceptors (Lipinski definition) is 4. The zero-order valence-electron chi connectivity index (χ0n) is 9.00. The fourth-order valence-electron chi connectivity index (χ4n) is 2.89. The van der Waals surface area contributed by atoms with Gasteiger partial charge in [-0.15, -0.1) is 10.2 Å². The number of nitrogens with zero attached hydrogens (tertiary/aromatic N) is 4. The molecule has 0 spiro atoms. The van der Waals surface area contributed by atoms with Crippen LogP contribution >= 0.6 is 0 Å². The standard InChI is InChI=1S/C10H17N5/c1-15-13-10(12-14-15)5-9(11)8-3-6-2-7(6)4-8/h6-9H,2-5,11H2,1H3. The van der Waals surface area contributed by atoms with E-state index in [1.165, 1.54) is 24.1 Å². The molecule has 2 aliphatic carbocycles. The van der Waals surface area contributed by atoms with Crippen molar-refractivity contribution >= 4 is 0 Å². The Labute approximate surface area is 89.0 Å². The third-order valence-electron chi connectivity index (χ3n) is 3.85. The molecule has 1 aromatic heterocycles. The van der Waals surface area contributed by atoms with Gasteiger partial charge < -0.3 is 5.73 Å². The monoisotopic (exact) mass is 207 g/mol. The molecule has 0 radical (unpaired) electrons. The summed E-state index contributed by atoms with van der Waals surface area (Å²) in [4.78, 5) is 1.49. The maximum absolute atomic E-state index is 6.19. The molecule has 2 saturated carbocycles. The topological polar surface area (TPSA) is 69.6 Å². The van der Waals surface area contributed by atoms with E-state index in [1.54, 1.807) is 7.05 Å². The summed E-state index contributed by atoms with van der Waals surface area (Å²) in [7, 11) is 1.78. The molecular formula is C10H17N5. The van der Waals surface area contributed by atoms with Crippen LogP contribution in [0.1, 0.15) is 25.1 Å². The molecule has 0 saturated heterocycles. The second-order valence-electron chi connectivity index (χ2n) is 5.05. The predicted octanol–water partition coefficient (Wildman–Crippen LogP) is 0.126. The number of rotatable bonds is 3. The third kappa shape index (κ3) is 1.76. The van der Waals surface area contributed by atoms with E-state index in [2.05, 4.69) is 15.4 Å². The van der Waals surface area contributed by atoms with Gasteiger partial charge in [0.05, 0.1) is 7.05 Å². The normalized spacial score (nSPS) is 35.2. The van der Waals surface area contributed by atoms with E-state index < -0.39 is 0 Å². The molecule has 2 fully saturated rings. The fraction of sp³-hybridized carbons (Fsp3) is 0.900. The average molecular weight is 207 g/mol. The van der Waals surface area contributed by atoms with Gasteiger partial charge in [0, 0.05) is 12.5 Å². The second kappa shape index (κ2) is 3.27. The first-order valence-corrected chi connectivity index (χ1v) is 5.71.